The zero-order chi connectivity index (χ0) is 6.15. The normalized spacial score (nSPS) is 9.88. The Balaban J connectivity index is 3.19. The summed E-state index contributed by atoms with van der Waals surface area (Å²) in [6.07, 6.45) is 0. The monoisotopic (exact) mass is 119 g/mol. The van der Waals surface area contributed by atoms with E-state index < -0.39 is 11.8 Å². The van der Waals surface area contributed by atoms with Crippen LogP contribution in [0.3, 0.4) is 0 Å². The Morgan fingerprint density at radius 3 is 2.25 bits per heavy atom. The molecule has 1 aromatic heterocycles. The summed E-state index contributed by atoms with van der Waals surface area (Å²) >= 11 is 0. The summed E-state index contributed by atoms with van der Waals surface area (Å²) in [5, 5.41) is 2.70. The first kappa shape index (κ1) is 5.21. The van der Waals surface area contributed by atoms with E-state index in [1.807, 2.05) is 0 Å². The van der Waals surface area contributed by atoms with E-state index in [0.717, 1.165) is 0 Å². The molecule has 1 heterocycles. The maximum absolute atomic E-state index is 12.0. The molecule has 0 spiro atoms. The third-order valence-corrected chi connectivity index (χ3v) is 0.753. The first-order valence-electron chi connectivity index (χ1n) is 1.99. The van der Waals surface area contributed by atoms with Crippen LogP contribution in [-0.4, -0.2) is 5.16 Å². The second-order valence-electron chi connectivity index (χ2n) is 1.34. The molecule has 44 valence electrons. The highest BCUT2D eigenvalue weighted by molar-refractivity contribution is 4.95. The average Bonchev–Trinajstić information content (AvgIpc) is 1.98. The van der Waals surface area contributed by atoms with Crippen molar-refractivity contribution < 1.29 is 13.3 Å². The third kappa shape index (κ3) is 0.576. The fourth-order valence-corrected chi connectivity index (χ4v) is 0.334. The standard InChI is InChI=1S/C4H3F2NO/c1-2-3(5)4(6)7-8-2/h1H3. The maximum atomic E-state index is 12.0. The molecule has 0 unspecified atom stereocenters. The van der Waals surface area contributed by atoms with Gasteiger partial charge in [-0.1, -0.05) is 0 Å². The molecule has 0 saturated carbocycles. The molecule has 0 radical (unpaired) electrons. The Morgan fingerprint density at radius 2 is 2.12 bits per heavy atom. The quantitative estimate of drug-likeness (QED) is 0.513. The van der Waals surface area contributed by atoms with Crippen molar-refractivity contribution in [3.05, 3.63) is 17.5 Å². The molecule has 0 bridgehead atoms. The molecule has 0 aliphatic rings. The van der Waals surface area contributed by atoms with Gasteiger partial charge in [0.1, 0.15) is 0 Å². The fraction of sp³-hybridized carbons (Fsp3) is 0.250. The number of hydrogen-bond donors (Lipinski definition) is 0. The van der Waals surface area contributed by atoms with Gasteiger partial charge in [-0.25, -0.2) is 0 Å². The van der Waals surface area contributed by atoms with Crippen LogP contribution in [0, 0.1) is 18.7 Å². The van der Waals surface area contributed by atoms with E-state index in [2.05, 4.69) is 9.68 Å². The molecular weight excluding hydrogens is 116 g/mol. The van der Waals surface area contributed by atoms with Crippen molar-refractivity contribution in [3.8, 4) is 0 Å². The molecule has 1 aromatic rings. The second kappa shape index (κ2) is 1.54. The molecule has 0 atom stereocenters. The predicted molar refractivity (Wildman–Crippen MR) is 21.2 cm³/mol. The van der Waals surface area contributed by atoms with Crippen LogP contribution in [0.2, 0.25) is 0 Å². The van der Waals surface area contributed by atoms with E-state index in [1.165, 1.54) is 6.92 Å². The highest BCUT2D eigenvalue weighted by Crippen LogP contribution is 2.06. The van der Waals surface area contributed by atoms with E-state index in [0.29, 0.717) is 0 Å². The summed E-state index contributed by atoms with van der Waals surface area (Å²) in [5.41, 5.74) is 0. The van der Waals surface area contributed by atoms with Crippen LogP contribution in [0.15, 0.2) is 4.52 Å². The Morgan fingerprint density at radius 1 is 1.50 bits per heavy atom. The molecule has 0 aromatic carbocycles. The smallest absolute Gasteiger partial charge is 0.289 e. The molecular formula is C4H3F2NO. The van der Waals surface area contributed by atoms with Gasteiger partial charge in [-0.05, 0) is 12.1 Å². The first-order valence-corrected chi connectivity index (χ1v) is 1.99. The minimum absolute atomic E-state index is 0.123. The van der Waals surface area contributed by atoms with Gasteiger partial charge in [0.25, 0.3) is 5.95 Å². The molecule has 0 amide bonds. The van der Waals surface area contributed by atoms with Crippen molar-refractivity contribution in [2.75, 3.05) is 0 Å². The summed E-state index contributed by atoms with van der Waals surface area (Å²) in [4.78, 5) is 0. The Kier molecular flexibility index (Phi) is 1.00. The van der Waals surface area contributed by atoms with E-state index in [-0.39, 0.29) is 5.76 Å². The molecule has 0 saturated heterocycles. The molecule has 0 aliphatic heterocycles. The SMILES string of the molecule is Cc1onc(F)c1F. The van der Waals surface area contributed by atoms with Gasteiger partial charge in [-0.15, -0.1) is 0 Å². The third-order valence-electron chi connectivity index (χ3n) is 0.753. The topological polar surface area (TPSA) is 26.0 Å². The molecule has 0 N–H and O–H groups in total. The molecule has 8 heavy (non-hydrogen) atoms. The molecule has 4 heteroatoms. The van der Waals surface area contributed by atoms with Crippen LogP contribution >= 0.6 is 0 Å². The van der Waals surface area contributed by atoms with E-state index in [9.17, 15) is 8.78 Å². The maximum Gasteiger partial charge on any atom is 0.289 e. The summed E-state index contributed by atoms with van der Waals surface area (Å²) < 4.78 is 27.8. The zero-order valence-electron chi connectivity index (χ0n) is 4.11. The number of rotatable bonds is 0. The summed E-state index contributed by atoms with van der Waals surface area (Å²) in [7, 11) is 0. The minimum atomic E-state index is -1.18. The molecule has 0 aliphatic carbocycles. The zero-order valence-corrected chi connectivity index (χ0v) is 4.11. The Hall–Kier alpha value is -0.930. The van der Waals surface area contributed by atoms with Crippen LogP contribution in [0.1, 0.15) is 5.76 Å². The number of hydrogen-bond acceptors (Lipinski definition) is 2. The van der Waals surface area contributed by atoms with Crippen molar-refractivity contribution in [2.45, 2.75) is 6.92 Å². The average molecular weight is 119 g/mol. The summed E-state index contributed by atoms with van der Waals surface area (Å²) in [5.74, 6) is -2.31. The minimum Gasteiger partial charge on any atom is -0.356 e. The second-order valence-corrected chi connectivity index (χ2v) is 1.34. The summed E-state index contributed by atoms with van der Waals surface area (Å²) in [6.45, 7) is 1.30. The lowest BCUT2D eigenvalue weighted by molar-refractivity contribution is 0.360. The van der Waals surface area contributed by atoms with Crippen molar-refractivity contribution in [1.29, 1.82) is 0 Å². The number of halogens is 2. The number of aryl methyl sites for hydroxylation is 1. The van der Waals surface area contributed by atoms with Gasteiger partial charge in [-0.3, -0.25) is 0 Å². The van der Waals surface area contributed by atoms with Crippen LogP contribution in [0.5, 0.6) is 0 Å². The van der Waals surface area contributed by atoms with Gasteiger partial charge in [0.2, 0.25) is 5.82 Å². The van der Waals surface area contributed by atoms with Crippen LogP contribution < -0.4 is 0 Å². The number of aromatic nitrogens is 1. The first-order chi connectivity index (χ1) is 3.72. The lowest BCUT2D eigenvalue weighted by Gasteiger charge is -1.72. The van der Waals surface area contributed by atoms with Gasteiger partial charge in [0, 0.05) is 0 Å². The Labute approximate surface area is 44.1 Å². The van der Waals surface area contributed by atoms with Gasteiger partial charge >= 0.3 is 0 Å². The highest BCUT2D eigenvalue weighted by Gasteiger charge is 2.09. The van der Waals surface area contributed by atoms with E-state index in [1.54, 1.807) is 0 Å². The van der Waals surface area contributed by atoms with Gasteiger partial charge < -0.3 is 4.52 Å². The van der Waals surface area contributed by atoms with Crippen molar-refractivity contribution in [1.82, 2.24) is 5.16 Å². The van der Waals surface area contributed by atoms with Crippen molar-refractivity contribution in [3.63, 3.8) is 0 Å². The van der Waals surface area contributed by atoms with Crippen molar-refractivity contribution >= 4 is 0 Å². The van der Waals surface area contributed by atoms with Crippen LogP contribution in [0.4, 0.5) is 8.78 Å². The van der Waals surface area contributed by atoms with Gasteiger partial charge in [0.15, 0.2) is 5.76 Å². The lowest BCUT2D eigenvalue weighted by atomic mass is 10.5. The molecule has 0 fully saturated rings. The fourth-order valence-electron chi connectivity index (χ4n) is 0.334. The predicted octanol–water partition coefficient (Wildman–Crippen LogP) is 1.26. The number of nitrogens with zero attached hydrogens (tertiary/aromatic N) is 1. The van der Waals surface area contributed by atoms with Crippen LogP contribution in [0.25, 0.3) is 0 Å². The van der Waals surface area contributed by atoms with Gasteiger partial charge in [-0.2, -0.15) is 8.78 Å². The lowest BCUT2D eigenvalue weighted by Crippen LogP contribution is -1.76. The van der Waals surface area contributed by atoms with E-state index >= 15 is 0 Å². The largest absolute Gasteiger partial charge is 0.356 e. The summed E-state index contributed by atoms with van der Waals surface area (Å²) in [6, 6.07) is 0. The van der Waals surface area contributed by atoms with Gasteiger partial charge in [0.05, 0.1) is 0 Å². The highest BCUT2D eigenvalue weighted by atomic mass is 19.2. The Bertz CT molecular complexity index is 176. The van der Waals surface area contributed by atoms with Crippen molar-refractivity contribution in [2.24, 2.45) is 0 Å². The van der Waals surface area contributed by atoms with Crippen LogP contribution in [-0.2, 0) is 0 Å². The molecule has 1 rings (SSSR count). The molecule has 2 nitrogen and oxygen atoms in total. The van der Waals surface area contributed by atoms with E-state index in [4.69, 9.17) is 0 Å².